The summed E-state index contributed by atoms with van der Waals surface area (Å²) in [6.45, 7) is 0.622. The van der Waals surface area contributed by atoms with Gasteiger partial charge in [-0.25, -0.2) is 0 Å². The maximum atomic E-state index is 13.7. The third-order valence-corrected chi connectivity index (χ3v) is 8.48. The highest BCUT2D eigenvalue weighted by Crippen LogP contribution is 2.53. The van der Waals surface area contributed by atoms with Gasteiger partial charge in [0.05, 0.1) is 5.56 Å². The number of carbonyl (C=O) groups is 3. The van der Waals surface area contributed by atoms with Crippen molar-refractivity contribution in [3.8, 4) is 16.9 Å². The monoisotopic (exact) mass is 552 g/mol. The zero-order chi connectivity index (χ0) is 29.1. The molecule has 0 heterocycles. The number of anilines is 1. The van der Waals surface area contributed by atoms with E-state index < -0.39 is 52.0 Å². The van der Waals surface area contributed by atoms with Crippen molar-refractivity contribution in [2.45, 2.75) is 31.4 Å². The van der Waals surface area contributed by atoms with Gasteiger partial charge in [-0.1, -0.05) is 48.5 Å². The van der Waals surface area contributed by atoms with Crippen LogP contribution >= 0.6 is 0 Å². The number of rotatable bonds is 5. The molecule has 0 aromatic heterocycles. The summed E-state index contributed by atoms with van der Waals surface area (Å²) >= 11 is 0. The molecule has 7 N–H and O–H groups in total. The molecule has 0 saturated heterocycles. The van der Waals surface area contributed by atoms with Gasteiger partial charge in [0.2, 0.25) is 5.78 Å². The topological polar surface area (TPSA) is 170 Å². The van der Waals surface area contributed by atoms with Gasteiger partial charge in [-0.3, -0.25) is 14.4 Å². The second kappa shape index (κ2) is 9.64. The minimum absolute atomic E-state index is 0.0736. The highest BCUT2D eigenvalue weighted by Gasteiger charge is 2.60. The number of hydrogen-bond acceptors (Lipinski definition) is 8. The summed E-state index contributed by atoms with van der Waals surface area (Å²) in [6, 6.07) is 20.9. The van der Waals surface area contributed by atoms with Crippen LogP contribution in [0.5, 0.6) is 5.75 Å². The van der Waals surface area contributed by atoms with E-state index in [4.69, 9.17) is 5.73 Å². The molecule has 41 heavy (non-hydrogen) atoms. The summed E-state index contributed by atoms with van der Waals surface area (Å²) in [4.78, 5) is 38.1. The summed E-state index contributed by atoms with van der Waals surface area (Å²) < 4.78 is 0. The van der Waals surface area contributed by atoms with E-state index >= 15 is 0 Å². The standard InChI is InChI=1S/C32H28N2O7/c33-31(40)27-24(36)14-19-12-18-13-22-21(17-8-6-16(7-9-17)15-34-20-4-2-1-3-5-20)10-11-23(35)26(22)28(37)25(18)29(38)32(19,41)30(27)39/h1-11,18-19,34-35,37,39,41H,12-15H2,(H2,33,40). The number of primary amides is 1. The average molecular weight is 553 g/mol. The summed E-state index contributed by atoms with van der Waals surface area (Å²) in [5.74, 6) is -6.42. The number of amides is 1. The number of Topliss-reactive ketones (excluding diaryl/α,β-unsaturated/α-hetero) is 2. The Morgan fingerprint density at radius 3 is 2.34 bits per heavy atom. The Hall–Kier alpha value is -4.89. The fourth-order valence-corrected chi connectivity index (χ4v) is 6.45. The Balaban J connectivity index is 1.37. The summed E-state index contributed by atoms with van der Waals surface area (Å²) in [5, 5.41) is 47.6. The summed E-state index contributed by atoms with van der Waals surface area (Å²) in [6.07, 6.45) is -0.0229. The highest BCUT2D eigenvalue weighted by atomic mass is 16.3. The van der Waals surface area contributed by atoms with Crippen molar-refractivity contribution in [3.63, 3.8) is 0 Å². The Bertz CT molecular complexity index is 1670. The number of para-hydroxylation sites is 1. The van der Waals surface area contributed by atoms with Crippen LogP contribution < -0.4 is 11.1 Å². The molecule has 3 atom stereocenters. The van der Waals surface area contributed by atoms with E-state index in [1.807, 2.05) is 54.6 Å². The summed E-state index contributed by atoms with van der Waals surface area (Å²) in [7, 11) is 0. The highest BCUT2D eigenvalue weighted by molar-refractivity contribution is 6.22. The zero-order valence-corrected chi connectivity index (χ0v) is 21.9. The molecule has 3 aromatic carbocycles. The number of phenols is 1. The normalized spacial score (nSPS) is 23.5. The van der Waals surface area contributed by atoms with Crippen LogP contribution in [-0.2, 0) is 27.3 Å². The second-order valence-corrected chi connectivity index (χ2v) is 10.8. The Morgan fingerprint density at radius 1 is 0.951 bits per heavy atom. The van der Waals surface area contributed by atoms with Gasteiger partial charge in [0, 0.05) is 30.1 Å². The number of carbonyl (C=O) groups excluding carboxylic acids is 3. The predicted molar refractivity (Wildman–Crippen MR) is 151 cm³/mol. The molecule has 3 aliphatic rings. The Morgan fingerprint density at radius 2 is 1.66 bits per heavy atom. The molecule has 1 fully saturated rings. The fourth-order valence-electron chi connectivity index (χ4n) is 6.45. The molecule has 1 saturated carbocycles. The minimum atomic E-state index is -2.58. The minimum Gasteiger partial charge on any atom is -0.508 e. The molecule has 0 radical (unpaired) electrons. The molecule has 9 nitrogen and oxygen atoms in total. The number of aliphatic hydroxyl groups is 3. The van der Waals surface area contributed by atoms with Gasteiger partial charge < -0.3 is 31.5 Å². The number of nitrogens with one attached hydrogen (secondary N) is 1. The lowest BCUT2D eigenvalue weighted by Gasteiger charge is -2.46. The first-order valence-electron chi connectivity index (χ1n) is 13.3. The molecule has 0 spiro atoms. The lowest BCUT2D eigenvalue weighted by atomic mass is 9.59. The van der Waals surface area contributed by atoms with Crippen LogP contribution in [-0.4, -0.2) is 43.5 Å². The lowest BCUT2D eigenvalue weighted by Crippen LogP contribution is -2.58. The zero-order valence-electron chi connectivity index (χ0n) is 21.9. The molecule has 3 aliphatic carbocycles. The van der Waals surface area contributed by atoms with Gasteiger partial charge in [0.25, 0.3) is 5.91 Å². The number of benzene rings is 3. The van der Waals surface area contributed by atoms with E-state index in [2.05, 4.69) is 5.32 Å². The maximum Gasteiger partial charge on any atom is 0.255 e. The first-order valence-corrected chi connectivity index (χ1v) is 13.3. The largest absolute Gasteiger partial charge is 0.508 e. The van der Waals surface area contributed by atoms with Crippen LogP contribution in [0.1, 0.15) is 29.5 Å². The van der Waals surface area contributed by atoms with E-state index in [0.717, 1.165) is 22.4 Å². The van der Waals surface area contributed by atoms with Crippen LogP contribution in [0, 0.1) is 11.8 Å². The van der Waals surface area contributed by atoms with Crippen LogP contribution in [0.3, 0.4) is 0 Å². The number of hydrogen-bond donors (Lipinski definition) is 6. The predicted octanol–water partition coefficient (Wildman–Crippen LogP) is 3.70. The fraction of sp³-hybridized carbons (Fsp3) is 0.219. The number of ketones is 2. The second-order valence-electron chi connectivity index (χ2n) is 10.8. The number of phenolic OH excluding ortho intramolecular Hbond substituents is 1. The van der Waals surface area contributed by atoms with Gasteiger partial charge in [-0.2, -0.15) is 0 Å². The molecule has 9 heteroatoms. The van der Waals surface area contributed by atoms with Crippen molar-refractivity contribution in [2.24, 2.45) is 17.6 Å². The molecule has 0 aliphatic heterocycles. The number of aromatic hydroxyl groups is 1. The quantitative estimate of drug-likeness (QED) is 0.260. The van der Waals surface area contributed by atoms with Gasteiger partial charge in [-0.05, 0) is 59.2 Å². The van der Waals surface area contributed by atoms with E-state index in [0.29, 0.717) is 12.1 Å². The van der Waals surface area contributed by atoms with E-state index in [1.54, 1.807) is 6.07 Å². The number of nitrogens with two attached hydrogens (primary N) is 1. The average Bonchev–Trinajstić information content (AvgIpc) is 2.95. The van der Waals surface area contributed by atoms with Crippen LogP contribution in [0.25, 0.3) is 16.9 Å². The van der Waals surface area contributed by atoms with E-state index in [1.165, 1.54) is 6.07 Å². The third kappa shape index (κ3) is 4.08. The molecule has 0 bridgehead atoms. The van der Waals surface area contributed by atoms with Crippen molar-refractivity contribution in [2.75, 3.05) is 5.32 Å². The molecule has 208 valence electrons. The van der Waals surface area contributed by atoms with Crippen molar-refractivity contribution in [1.82, 2.24) is 0 Å². The smallest absolute Gasteiger partial charge is 0.255 e. The number of aliphatic hydroxyl groups excluding tert-OH is 2. The van der Waals surface area contributed by atoms with Crippen LogP contribution in [0.15, 0.2) is 83.6 Å². The molecular formula is C32H28N2O7. The van der Waals surface area contributed by atoms with Crippen molar-refractivity contribution >= 4 is 28.9 Å². The molecule has 1 amide bonds. The Kier molecular flexibility index (Phi) is 6.19. The van der Waals surface area contributed by atoms with Crippen LogP contribution in [0.4, 0.5) is 5.69 Å². The third-order valence-electron chi connectivity index (χ3n) is 8.48. The van der Waals surface area contributed by atoms with Crippen molar-refractivity contribution in [3.05, 3.63) is 100 Å². The van der Waals surface area contributed by atoms with Gasteiger partial charge >= 0.3 is 0 Å². The van der Waals surface area contributed by atoms with E-state index in [9.17, 15) is 34.8 Å². The van der Waals surface area contributed by atoms with Gasteiger partial charge in [0.1, 0.15) is 22.8 Å². The first-order chi connectivity index (χ1) is 19.6. The summed E-state index contributed by atoms with van der Waals surface area (Å²) in [5.41, 5.74) is 6.07. The molecular weight excluding hydrogens is 524 g/mol. The molecule has 3 aromatic rings. The molecule has 6 rings (SSSR count). The Labute approximate surface area is 235 Å². The maximum absolute atomic E-state index is 13.7. The van der Waals surface area contributed by atoms with Gasteiger partial charge in [0.15, 0.2) is 11.4 Å². The van der Waals surface area contributed by atoms with Crippen molar-refractivity contribution < 1.29 is 34.8 Å². The molecule has 3 unspecified atom stereocenters. The van der Waals surface area contributed by atoms with E-state index in [-0.39, 0.29) is 36.1 Å². The SMILES string of the molecule is NC(=O)C1=C(O)C2(O)C(=O)C3=C(O)c4c(O)ccc(-c5ccc(CNc6ccccc6)cc5)c4CC3CC2CC1=O. The van der Waals surface area contributed by atoms with Gasteiger partial charge in [-0.15, -0.1) is 0 Å². The first kappa shape index (κ1) is 26.3. The van der Waals surface area contributed by atoms with Crippen molar-refractivity contribution in [1.29, 1.82) is 0 Å². The lowest BCUT2D eigenvalue weighted by molar-refractivity contribution is -0.147. The number of fused-ring (bicyclic) bond motifs is 3. The van der Waals surface area contributed by atoms with Crippen LogP contribution in [0.2, 0.25) is 0 Å².